The fourth-order valence-corrected chi connectivity index (χ4v) is 2.24. The van der Waals surface area contributed by atoms with Crippen LogP contribution in [0.15, 0.2) is 18.3 Å². The Hall–Kier alpha value is -1.62. The highest BCUT2D eigenvalue weighted by molar-refractivity contribution is 5.82. The number of methoxy groups -OCH3 is 1. The van der Waals surface area contributed by atoms with Crippen molar-refractivity contribution in [2.24, 2.45) is 0 Å². The van der Waals surface area contributed by atoms with Crippen molar-refractivity contribution in [2.45, 2.75) is 18.3 Å². The van der Waals surface area contributed by atoms with Crippen LogP contribution in [0.3, 0.4) is 0 Å². The number of carboxylic acid groups (broad SMARTS) is 1. The third-order valence-electron chi connectivity index (χ3n) is 3.24. The Balaban J connectivity index is 2.48. The minimum atomic E-state index is -0.933. The van der Waals surface area contributed by atoms with Crippen molar-refractivity contribution >= 4 is 5.97 Å². The average molecular weight is 237 g/mol. The summed E-state index contributed by atoms with van der Waals surface area (Å²) >= 11 is 0. The van der Waals surface area contributed by atoms with Crippen LogP contribution in [0.25, 0.3) is 0 Å². The highest BCUT2D eigenvalue weighted by Crippen LogP contribution is 2.38. The van der Waals surface area contributed by atoms with Gasteiger partial charge in [-0.3, -0.25) is 4.79 Å². The minimum Gasteiger partial charge on any atom is -0.481 e. The predicted molar refractivity (Wildman–Crippen MR) is 60.2 cm³/mol. The predicted octanol–water partition coefficient (Wildman–Crippen LogP) is 1.22. The Labute approximate surface area is 99.4 Å². The number of nitrogens with zero attached hydrogens (tertiary/aromatic N) is 1. The highest BCUT2D eigenvalue weighted by Gasteiger charge is 2.44. The maximum absolute atomic E-state index is 11.6. The maximum atomic E-state index is 11.6. The van der Waals surface area contributed by atoms with E-state index < -0.39 is 11.4 Å². The standard InChI is InChI=1S/C12H15NO4/c1-16-10-9(3-2-6-13-10)12(11(14)15)4-7-17-8-5-12/h2-3,6H,4-5,7-8H2,1H3,(H,14,15). The van der Waals surface area contributed by atoms with Crippen LogP contribution in [-0.2, 0) is 14.9 Å². The number of rotatable bonds is 3. The SMILES string of the molecule is COc1ncccc1C1(C(=O)O)CCOCC1. The van der Waals surface area contributed by atoms with E-state index in [0.29, 0.717) is 37.5 Å². The first-order valence-electron chi connectivity index (χ1n) is 5.51. The molecule has 0 saturated carbocycles. The van der Waals surface area contributed by atoms with Crippen molar-refractivity contribution in [1.29, 1.82) is 0 Å². The molecule has 92 valence electrons. The number of ether oxygens (including phenoxy) is 2. The monoisotopic (exact) mass is 237 g/mol. The second-order valence-corrected chi connectivity index (χ2v) is 4.06. The maximum Gasteiger partial charge on any atom is 0.314 e. The van der Waals surface area contributed by atoms with Gasteiger partial charge in [0.1, 0.15) is 5.41 Å². The fraction of sp³-hybridized carbons (Fsp3) is 0.500. The molecule has 2 heterocycles. The molecular weight excluding hydrogens is 222 g/mol. The number of aliphatic carboxylic acids is 1. The van der Waals surface area contributed by atoms with Gasteiger partial charge in [-0.1, -0.05) is 6.07 Å². The first-order valence-corrected chi connectivity index (χ1v) is 5.51. The van der Waals surface area contributed by atoms with E-state index in [4.69, 9.17) is 9.47 Å². The number of hydrogen-bond acceptors (Lipinski definition) is 4. The van der Waals surface area contributed by atoms with Crippen molar-refractivity contribution in [3.63, 3.8) is 0 Å². The van der Waals surface area contributed by atoms with Gasteiger partial charge in [0.05, 0.1) is 7.11 Å². The van der Waals surface area contributed by atoms with Crippen LogP contribution >= 0.6 is 0 Å². The molecule has 0 spiro atoms. The number of hydrogen-bond donors (Lipinski definition) is 1. The van der Waals surface area contributed by atoms with Gasteiger partial charge in [0.15, 0.2) is 0 Å². The second-order valence-electron chi connectivity index (χ2n) is 4.06. The Bertz CT molecular complexity index is 413. The lowest BCUT2D eigenvalue weighted by Crippen LogP contribution is -2.41. The first kappa shape index (κ1) is 11.9. The molecule has 5 nitrogen and oxygen atoms in total. The van der Waals surface area contributed by atoms with E-state index in [2.05, 4.69) is 4.98 Å². The Morgan fingerprint density at radius 2 is 2.24 bits per heavy atom. The lowest BCUT2D eigenvalue weighted by molar-refractivity contribution is -0.147. The molecule has 1 saturated heterocycles. The molecular formula is C12H15NO4. The summed E-state index contributed by atoms with van der Waals surface area (Å²) in [5, 5.41) is 9.52. The molecule has 1 aromatic rings. The Morgan fingerprint density at radius 3 is 2.82 bits per heavy atom. The largest absolute Gasteiger partial charge is 0.481 e. The molecule has 0 amide bonds. The van der Waals surface area contributed by atoms with Gasteiger partial charge in [0, 0.05) is 25.0 Å². The van der Waals surface area contributed by atoms with Crippen LogP contribution in [0.5, 0.6) is 5.88 Å². The van der Waals surface area contributed by atoms with Gasteiger partial charge >= 0.3 is 5.97 Å². The van der Waals surface area contributed by atoms with Gasteiger partial charge in [-0.25, -0.2) is 4.98 Å². The molecule has 0 bridgehead atoms. The molecule has 0 aliphatic carbocycles. The molecule has 1 aliphatic rings. The van der Waals surface area contributed by atoms with Crippen molar-refractivity contribution < 1.29 is 19.4 Å². The van der Waals surface area contributed by atoms with Crippen LogP contribution in [0, 0.1) is 0 Å². The summed E-state index contributed by atoms with van der Waals surface area (Å²) in [6.07, 6.45) is 2.49. The first-order chi connectivity index (χ1) is 8.20. The van der Waals surface area contributed by atoms with Crippen molar-refractivity contribution in [1.82, 2.24) is 4.98 Å². The summed E-state index contributed by atoms with van der Waals surface area (Å²) in [5.74, 6) is -0.455. The minimum absolute atomic E-state index is 0.386. The molecule has 1 aromatic heterocycles. The van der Waals surface area contributed by atoms with Crippen LogP contribution in [0.4, 0.5) is 0 Å². The van der Waals surface area contributed by atoms with Crippen molar-refractivity contribution in [3.8, 4) is 5.88 Å². The molecule has 0 aromatic carbocycles. The summed E-state index contributed by atoms with van der Waals surface area (Å²) in [5.41, 5.74) is -0.295. The van der Waals surface area contributed by atoms with E-state index in [0.717, 1.165) is 0 Å². The van der Waals surface area contributed by atoms with E-state index in [-0.39, 0.29) is 0 Å². The second kappa shape index (κ2) is 4.71. The topological polar surface area (TPSA) is 68.7 Å². The highest BCUT2D eigenvalue weighted by atomic mass is 16.5. The summed E-state index contributed by atoms with van der Waals surface area (Å²) < 4.78 is 10.4. The molecule has 1 fully saturated rings. The molecule has 1 aliphatic heterocycles. The summed E-state index contributed by atoms with van der Waals surface area (Å²) in [6, 6.07) is 3.50. The summed E-state index contributed by atoms with van der Waals surface area (Å²) in [7, 11) is 1.50. The van der Waals surface area contributed by atoms with Gasteiger partial charge in [0.25, 0.3) is 0 Å². The zero-order valence-corrected chi connectivity index (χ0v) is 9.68. The Kier molecular flexibility index (Phi) is 3.28. The molecule has 0 unspecified atom stereocenters. The molecule has 2 rings (SSSR count). The lowest BCUT2D eigenvalue weighted by atomic mass is 9.74. The van der Waals surface area contributed by atoms with Crippen LogP contribution in [0.1, 0.15) is 18.4 Å². The molecule has 0 atom stereocenters. The van der Waals surface area contributed by atoms with Gasteiger partial charge in [0.2, 0.25) is 5.88 Å². The van der Waals surface area contributed by atoms with Crippen molar-refractivity contribution in [2.75, 3.05) is 20.3 Å². The van der Waals surface area contributed by atoms with Gasteiger partial charge in [-0.2, -0.15) is 0 Å². The third kappa shape index (κ3) is 1.98. The fourth-order valence-electron chi connectivity index (χ4n) is 2.24. The zero-order valence-electron chi connectivity index (χ0n) is 9.68. The van der Waals surface area contributed by atoms with E-state index in [1.54, 1.807) is 18.3 Å². The van der Waals surface area contributed by atoms with Crippen LogP contribution in [0.2, 0.25) is 0 Å². The summed E-state index contributed by atoms with van der Waals surface area (Å²) in [6.45, 7) is 0.898. The van der Waals surface area contributed by atoms with E-state index >= 15 is 0 Å². The van der Waals surface area contributed by atoms with E-state index in [1.807, 2.05) is 0 Å². The Morgan fingerprint density at radius 1 is 1.53 bits per heavy atom. The molecule has 0 radical (unpaired) electrons. The van der Waals surface area contributed by atoms with Crippen LogP contribution in [-0.4, -0.2) is 36.4 Å². The summed E-state index contributed by atoms with van der Waals surface area (Å²) in [4.78, 5) is 15.7. The number of carbonyl (C=O) groups is 1. The average Bonchev–Trinajstić information content (AvgIpc) is 2.39. The number of aromatic nitrogens is 1. The zero-order chi connectivity index (χ0) is 12.3. The normalized spacial score (nSPS) is 18.6. The molecule has 5 heteroatoms. The van der Waals surface area contributed by atoms with E-state index in [9.17, 15) is 9.90 Å². The van der Waals surface area contributed by atoms with Crippen molar-refractivity contribution in [3.05, 3.63) is 23.9 Å². The smallest absolute Gasteiger partial charge is 0.314 e. The lowest BCUT2D eigenvalue weighted by Gasteiger charge is -2.33. The number of carboxylic acids is 1. The third-order valence-corrected chi connectivity index (χ3v) is 3.24. The van der Waals surface area contributed by atoms with Gasteiger partial charge < -0.3 is 14.6 Å². The molecule has 17 heavy (non-hydrogen) atoms. The quantitative estimate of drug-likeness (QED) is 0.856. The van der Waals surface area contributed by atoms with E-state index in [1.165, 1.54) is 7.11 Å². The number of pyridine rings is 1. The van der Waals surface area contributed by atoms with Gasteiger partial charge in [-0.05, 0) is 18.9 Å². The van der Waals surface area contributed by atoms with Crippen LogP contribution < -0.4 is 4.74 Å². The van der Waals surface area contributed by atoms with Gasteiger partial charge in [-0.15, -0.1) is 0 Å². The molecule has 1 N–H and O–H groups in total.